The smallest absolute Gasteiger partial charge is 0.245 e. The van der Waals surface area contributed by atoms with E-state index in [9.17, 15) is 19.5 Å². The van der Waals surface area contributed by atoms with Gasteiger partial charge in [-0.3, -0.25) is 14.4 Å². The van der Waals surface area contributed by atoms with Gasteiger partial charge in [-0.15, -0.1) is 5.10 Å². The van der Waals surface area contributed by atoms with Gasteiger partial charge < -0.3 is 15.7 Å². The van der Waals surface area contributed by atoms with E-state index in [0.717, 1.165) is 31.0 Å². The van der Waals surface area contributed by atoms with Gasteiger partial charge in [-0.2, -0.15) is 4.68 Å². The standard InChI is InChI=1S/C34H39ClN6O4S/c1-2-3-4-5-6-7-8-9-10-15-30(43)36-25-18-16-24(17-19-25)31(44)32(33(45)37-29-14-12-11-13-28(29)35)46-34-38-39-40-41(34)26-20-22-27(42)23-21-26/h11-14,16-23,32,42H,2-10,15H2,1H3,(H,36,43)(H,37,45). The molecule has 4 rings (SSSR count). The third-order valence-corrected chi connectivity index (χ3v) is 8.79. The molecule has 0 fully saturated rings. The molecule has 3 N–H and O–H groups in total. The third-order valence-electron chi connectivity index (χ3n) is 7.33. The van der Waals surface area contributed by atoms with Crippen LogP contribution >= 0.6 is 23.4 Å². The molecular formula is C34H39ClN6O4S. The molecule has 0 aliphatic heterocycles. The summed E-state index contributed by atoms with van der Waals surface area (Å²) < 4.78 is 1.37. The van der Waals surface area contributed by atoms with Crippen molar-refractivity contribution in [1.82, 2.24) is 20.2 Å². The Hall–Kier alpha value is -4.22. The highest BCUT2D eigenvalue weighted by atomic mass is 35.5. The maximum atomic E-state index is 13.8. The molecule has 0 spiro atoms. The minimum Gasteiger partial charge on any atom is -0.508 e. The van der Waals surface area contributed by atoms with E-state index in [1.54, 1.807) is 60.7 Å². The second kappa shape index (κ2) is 18.1. The summed E-state index contributed by atoms with van der Waals surface area (Å²) in [5, 5.41) is 26.3. The van der Waals surface area contributed by atoms with Crippen LogP contribution in [0.25, 0.3) is 5.69 Å². The zero-order chi connectivity index (χ0) is 32.7. The fourth-order valence-electron chi connectivity index (χ4n) is 4.79. The normalized spacial score (nSPS) is 11.6. The molecule has 0 aliphatic rings. The first-order valence-electron chi connectivity index (χ1n) is 15.6. The minimum absolute atomic E-state index is 0.0707. The van der Waals surface area contributed by atoms with Gasteiger partial charge in [0.1, 0.15) is 5.75 Å². The number of phenolic OH excluding ortho intramolecular Hbond substituents is 1. The number of nitrogens with one attached hydrogen (secondary N) is 2. The van der Waals surface area contributed by atoms with Crippen molar-refractivity contribution in [2.45, 2.75) is 81.5 Å². The maximum absolute atomic E-state index is 13.8. The fourth-order valence-corrected chi connectivity index (χ4v) is 5.92. The van der Waals surface area contributed by atoms with E-state index in [0.29, 0.717) is 28.5 Å². The number of unbranched alkanes of at least 4 members (excludes halogenated alkanes) is 8. The third kappa shape index (κ3) is 10.4. The number of para-hydroxylation sites is 1. The average molecular weight is 663 g/mol. The first-order chi connectivity index (χ1) is 22.4. The van der Waals surface area contributed by atoms with Crippen molar-refractivity contribution in [3.05, 3.63) is 83.4 Å². The highest BCUT2D eigenvalue weighted by molar-refractivity contribution is 8.01. The summed E-state index contributed by atoms with van der Waals surface area (Å²) in [6.45, 7) is 2.22. The first kappa shape index (κ1) is 34.6. The molecule has 3 aromatic carbocycles. The summed E-state index contributed by atoms with van der Waals surface area (Å²) in [5.41, 5.74) is 1.73. The Morgan fingerprint density at radius 3 is 2.17 bits per heavy atom. The highest BCUT2D eigenvalue weighted by Gasteiger charge is 2.32. The quantitative estimate of drug-likeness (QED) is 0.0423. The molecule has 0 saturated heterocycles. The van der Waals surface area contributed by atoms with E-state index in [4.69, 9.17) is 11.6 Å². The van der Waals surface area contributed by atoms with Crippen molar-refractivity contribution < 1.29 is 19.5 Å². The number of amides is 2. The van der Waals surface area contributed by atoms with Gasteiger partial charge >= 0.3 is 0 Å². The molecule has 0 bridgehead atoms. The van der Waals surface area contributed by atoms with Gasteiger partial charge in [0.15, 0.2) is 11.0 Å². The lowest BCUT2D eigenvalue weighted by molar-refractivity contribution is -0.116. The number of rotatable bonds is 18. The van der Waals surface area contributed by atoms with Crippen molar-refractivity contribution in [2.75, 3.05) is 10.6 Å². The second-order valence-corrected chi connectivity index (χ2v) is 12.4. The summed E-state index contributed by atoms with van der Waals surface area (Å²) in [5.74, 6) is -1.10. The molecule has 0 aliphatic carbocycles. The first-order valence-corrected chi connectivity index (χ1v) is 16.9. The number of hydrogen-bond acceptors (Lipinski definition) is 8. The number of carbonyl (C=O) groups excluding carboxylic acids is 3. The van der Waals surface area contributed by atoms with E-state index in [1.165, 1.54) is 55.3 Å². The van der Waals surface area contributed by atoms with Crippen molar-refractivity contribution in [3.8, 4) is 11.4 Å². The molecule has 2 amide bonds. The van der Waals surface area contributed by atoms with E-state index >= 15 is 0 Å². The van der Waals surface area contributed by atoms with E-state index in [-0.39, 0.29) is 22.4 Å². The lowest BCUT2D eigenvalue weighted by Crippen LogP contribution is -2.33. The van der Waals surface area contributed by atoms with Crippen LogP contribution in [-0.4, -0.2) is 48.2 Å². The molecule has 4 aromatic rings. The van der Waals surface area contributed by atoms with Crippen LogP contribution in [0.3, 0.4) is 0 Å². The summed E-state index contributed by atoms with van der Waals surface area (Å²) in [6, 6.07) is 19.4. The summed E-state index contributed by atoms with van der Waals surface area (Å²) in [7, 11) is 0. The number of aromatic hydroxyl groups is 1. The minimum atomic E-state index is -1.29. The Bertz CT molecular complexity index is 1580. The molecule has 46 heavy (non-hydrogen) atoms. The monoisotopic (exact) mass is 662 g/mol. The van der Waals surface area contributed by atoms with Crippen LogP contribution in [0.1, 0.15) is 81.5 Å². The Kier molecular flexibility index (Phi) is 13.6. The van der Waals surface area contributed by atoms with Crippen LogP contribution in [0.5, 0.6) is 5.75 Å². The van der Waals surface area contributed by atoms with Crippen molar-refractivity contribution in [3.63, 3.8) is 0 Å². The summed E-state index contributed by atoms with van der Waals surface area (Å²) in [4.78, 5) is 39.9. The van der Waals surface area contributed by atoms with Gasteiger partial charge in [0.2, 0.25) is 17.0 Å². The predicted molar refractivity (Wildman–Crippen MR) is 182 cm³/mol. The number of thioether (sulfide) groups is 1. The van der Waals surface area contributed by atoms with Gasteiger partial charge in [0, 0.05) is 17.7 Å². The molecule has 1 aromatic heterocycles. The number of anilines is 2. The fraction of sp³-hybridized carbons (Fsp3) is 0.353. The van der Waals surface area contributed by atoms with Crippen LogP contribution < -0.4 is 10.6 Å². The van der Waals surface area contributed by atoms with Gasteiger partial charge in [-0.25, -0.2) is 0 Å². The van der Waals surface area contributed by atoms with Gasteiger partial charge in [-0.05, 0) is 77.5 Å². The van der Waals surface area contributed by atoms with E-state index < -0.39 is 16.9 Å². The van der Waals surface area contributed by atoms with Crippen LogP contribution in [0.4, 0.5) is 11.4 Å². The molecule has 10 nitrogen and oxygen atoms in total. The number of hydrogen-bond donors (Lipinski definition) is 3. The number of ketones is 1. The van der Waals surface area contributed by atoms with Crippen LogP contribution in [0.15, 0.2) is 78.0 Å². The number of tetrazole rings is 1. The van der Waals surface area contributed by atoms with Crippen molar-refractivity contribution >= 4 is 52.3 Å². The van der Waals surface area contributed by atoms with Gasteiger partial charge in [-0.1, -0.05) is 93.8 Å². The number of carbonyl (C=O) groups is 3. The molecule has 1 heterocycles. The number of halogens is 1. The molecular weight excluding hydrogens is 624 g/mol. The largest absolute Gasteiger partial charge is 0.508 e. The molecule has 0 saturated carbocycles. The molecule has 1 atom stereocenters. The predicted octanol–water partition coefficient (Wildman–Crippen LogP) is 7.86. The number of Topliss-reactive ketones (excluding diaryl/α,β-unsaturated/α-hetero) is 1. The number of aromatic nitrogens is 4. The SMILES string of the molecule is CCCCCCCCCCCC(=O)Nc1ccc(C(=O)C(Sc2nnnn2-c2ccc(O)cc2)C(=O)Nc2ccccc2Cl)cc1. The lowest BCUT2D eigenvalue weighted by atomic mass is 10.1. The Balaban J connectivity index is 1.40. The van der Waals surface area contributed by atoms with Crippen LogP contribution in [0.2, 0.25) is 5.02 Å². The number of nitrogens with zero attached hydrogens (tertiary/aromatic N) is 4. The van der Waals surface area contributed by atoms with Crippen LogP contribution in [-0.2, 0) is 9.59 Å². The Morgan fingerprint density at radius 1 is 0.848 bits per heavy atom. The molecule has 12 heteroatoms. The Labute approximate surface area is 278 Å². The molecule has 242 valence electrons. The van der Waals surface area contributed by atoms with E-state index in [2.05, 4.69) is 33.1 Å². The summed E-state index contributed by atoms with van der Waals surface area (Å²) in [6.07, 6.45) is 11.1. The summed E-state index contributed by atoms with van der Waals surface area (Å²) >= 11 is 7.15. The topological polar surface area (TPSA) is 139 Å². The van der Waals surface area contributed by atoms with Crippen molar-refractivity contribution in [1.29, 1.82) is 0 Å². The highest BCUT2D eigenvalue weighted by Crippen LogP contribution is 2.29. The number of phenols is 1. The number of benzene rings is 3. The zero-order valence-corrected chi connectivity index (χ0v) is 27.4. The van der Waals surface area contributed by atoms with Gasteiger partial charge in [0.05, 0.1) is 16.4 Å². The maximum Gasteiger partial charge on any atom is 0.245 e. The van der Waals surface area contributed by atoms with Gasteiger partial charge in [0.25, 0.3) is 0 Å². The second-order valence-electron chi connectivity index (χ2n) is 10.9. The van der Waals surface area contributed by atoms with E-state index in [1.807, 2.05) is 0 Å². The van der Waals surface area contributed by atoms with Crippen molar-refractivity contribution in [2.24, 2.45) is 0 Å². The Morgan fingerprint density at radius 2 is 1.50 bits per heavy atom. The molecule has 1 unspecified atom stereocenters. The lowest BCUT2D eigenvalue weighted by Gasteiger charge is -2.16. The average Bonchev–Trinajstić information content (AvgIpc) is 3.52. The molecule has 0 radical (unpaired) electrons. The zero-order valence-electron chi connectivity index (χ0n) is 25.8. The van der Waals surface area contributed by atoms with Crippen LogP contribution in [0, 0.1) is 0 Å².